The van der Waals surface area contributed by atoms with Crippen molar-refractivity contribution < 1.29 is 4.79 Å². The highest BCUT2D eigenvalue weighted by molar-refractivity contribution is 5.81. The van der Waals surface area contributed by atoms with Gasteiger partial charge in [-0.1, -0.05) is 6.92 Å². The molecule has 2 heterocycles. The molecule has 0 aromatic carbocycles. The van der Waals surface area contributed by atoms with E-state index < -0.39 is 0 Å². The van der Waals surface area contributed by atoms with Crippen molar-refractivity contribution in [2.45, 2.75) is 33.6 Å². The van der Waals surface area contributed by atoms with Crippen LogP contribution in [0.15, 0.2) is 4.79 Å². The number of aromatic nitrogens is 3. The summed E-state index contributed by atoms with van der Waals surface area (Å²) >= 11 is 0. The number of H-pyrrole nitrogens is 1. The van der Waals surface area contributed by atoms with Crippen LogP contribution in [0.1, 0.15) is 30.2 Å². The molecule has 0 aliphatic carbocycles. The fourth-order valence-corrected chi connectivity index (χ4v) is 2.81. The topological polar surface area (TPSA) is 91.8 Å². The van der Waals surface area contributed by atoms with Gasteiger partial charge in [-0.2, -0.15) is 0 Å². The molecule has 7 nitrogen and oxygen atoms in total. The lowest BCUT2D eigenvalue weighted by molar-refractivity contribution is -0.121. The van der Waals surface area contributed by atoms with Gasteiger partial charge in [-0.15, -0.1) is 0 Å². The van der Waals surface area contributed by atoms with Gasteiger partial charge in [-0.05, 0) is 37.9 Å². The van der Waals surface area contributed by atoms with Crippen LogP contribution in [0.3, 0.4) is 0 Å². The standard InChI is InChI=1S/C16H25N5O2/c1-5-17-8-9-18-13(22)7-6-12-10(2)14-15(19-11(12)3)21(4)20-16(14)23/h17H,5-9H2,1-4H3,(H,18,22)(H,20,23). The molecule has 1 amide bonds. The number of aromatic amines is 1. The average Bonchev–Trinajstić information content (AvgIpc) is 2.78. The third kappa shape index (κ3) is 3.79. The number of fused-ring (bicyclic) bond motifs is 1. The Labute approximate surface area is 135 Å². The molecule has 0 spiro atoms. The van der Waals surface area contributed by atoms with Gasteiger partial charge in [-0.25, -0.2) is 4.98 Å². The summed E-state index contributed by atoms with van der Waals surface area (Å²) < 4.78 is 1.63. The van der Waals surface area contributed by atoms with Crippen LogP contribution in [0, 0.1) is 13.8 Å². The van der Waals surface area contributed by atoms with E-state index in [1.54, 1.807) is 11.7 Å². The Bertz CT molecular complexity index is 760. The van der Waals surface area contributed by atoms with Crippen LogP contribution in [0.4, 0.5) is 0 Å². The molecule has 2 aromatic heterocycles. The van der Waals surface area contributed by atoms with E-state index in [4.69, 9.17) is 0 Å². The highest BCUT2D eigenvalue weighted by atomic mass is 16.1. The molecule has 2 aromatic rings. The van der Waals surface area contributed by atoms with Gasteiger partial charge in [0.1, 0.15) is 0 Å². The number of aryl methyl sites for hydroxylation is 3. The van der Waals surface area contributed by atoms with Crippen molar-refractivity contribution >= 4 is 16.9 Å². The molecule has 0 unspecified atom stereocenters. The minimum absolute atomic E-state index is 0.0174. The fourth-order valence-electron chi connectivity index (χ4n) is 2.81. The Morgan fingerprint density at radius 2 is 2.04 bits per heavy atom. The van der Waals surface area contributed by atoms with Gasteiger partial charge in [0.05, 0.1) is 5.39 Å². The minimum atomic E-state index is -0.135. The van der Waals surface area contributed by atoms with Crippen molar-refractivity contribution in [3.63, 3.8) is 0 Å². The van der Waals surface area contributed by atoms with E-state index in [2.05, 4.69) is 20.7 Å². The summed E-state index contributed by atoms with van der Waals surface area (Å²) in [7, 11) is 1.77. The van der Waals surface area contributed by atoms with Gasteiger partial charge < -0.3 is 10.6 Å². The Balaban J connectivity index is 2.10. The molecule has 0 saturated heterocycles. The molecule has 0 aliphatic rings. The molecular weight excluding hydrogens is 294 g/mol. The number of hydrogen-bond acceptors (Lipinski definition) is 4. The van der Waals surface area contributed by atoms with Crippen molar-refractivity contribution in [3.8, 4) is 0 Å². The zero-order valence-corrected chi connectivity index (χ0v) is 14.2. The van der Waals surface area contributed by atoms with Crippen LogP contribution in [-0.2, 0) is 18.3 Å². The van der Waals surface area contributed by atoms with Gasteiger partial charge in [-0.3, -0.25) is 19.4 Å². The van der Waals surface area contributed by atoms with Gasteiger partial charge in [0.2, 0.25) is 5.91 Å². The highest BCUT2D eigenvalue weighted by Gasteiger charge is 2.15. The third-order valence-corrected chi connectivity index (χ3v) is 4.05. The maximum atomic E-state index is 12.0. The molecule has 23 heavy (non-hydrogen) atoms. The second kappa shape index (κ2) is 7.41. The number of carbonyl (C=O) groups is 1. The molecular formula is C16H25N5O2. The first kappa shape index (κ1) is 17.2. The molecule has 0 saturated carbocycles. The molecule has 3 N–H and O–H groups in total. The fraction of sp³-hybridized carbons (Fsp3) is 0.562. The van der Waals surface area contributed by atoms with E-state index in [-0.39, 0.29) is 11.5 Å². The smallest absolute Gasteiger partial charge is 0.273 e. The Morgan fingerprint density at radius 1 is 1.30 bits per heavy atom. The summed E-state index contributed by atoms with van der Waals surface area (Å²) in [6, 6.07) is 0. The third-order valence-electron chi connectivity index (χ3n) is 4.05. The molecule has 0 aliphatic heterocycles. The van der Waals surface area contributed by atoms with E-state index in [0.717, 1.165) is 29.9 Å². The summed E-state index contributed by atoms with van der Waals surface area (Å²) in [4.78, 5) is 28.4. The van der Waals surface area contributed by atoms with E-state index in [0.29, 0.717) is 30.4 Å². The van der Waals surface area contributed by atoms with Crippen LogP contribution in [0.25, 0.3) is 11.0 Å². The second-order valence-corrected chi connectivity index (χ2v) is 5.70. The zero-order valence-electron chi connectivity index (χ0n) is 14.2. The van der Waals surface area contributed by atoms with Crippen LogP contribution >= 0.6 is 0 Å². The van der Waals surface area contributed by atoms with Crippen LogP contribution in [0.5, 0.6) is 0 Å². The van der Waals surface area contributed by atoms with Gasteiger partial charge in [0.15, 0.2) is 5.65 Å². The first-order valence-electron chi connectivity index (χ1n) is 7.97. The summed E-state index contributed by atoms with van der Waals surface area (Å²) in [5, 5.41) is 9.38. The summed E-state index contributed by atoms with van der Waals surface area (Å²) in [6.07, 6.45) is 0.980. The molecule has 0 atom stereocenters. The molecule has 2 rings (SSSR count). The van der Waals surface area contributed by atoms with E-state index in [9.17, 15) is 9.59 Å². The second-order valence-electron chi connectivity index (χ2n) is 5.70. The maximum Gasteiger partial charge on any atom is 0.273 e. The van der Waals surface area contributed by atoms with Crippen molar-refractivity contribution in [2.24, 2.45) is 7.05 Å². The molecule has 0 bridgehead atoms. The summed E-state index contributed by atoms with van der Waals surface area (Å²) in [5.41, 5.74) is 3.28. The zero-order chi connectivity index (χ0) is 17.0. The van der Waals surface area contributed by atoms with Crippen LogP contribution in [0.2, 0.25) is 0 Å². The quantitative estimate of drug-likeness (QED) is 0.650. The Hall–Kier alpha value is -2.15. The average molecular weight is 319 g/mol. The maximum absolute atomic E-state index is 12.0. The Kier molecular flexibility index (Phi) is 5.54. The Morgan fingerprint density at radius 3 is 2.74 bits per heavy atom. The lowest BCUT2D eigenvalue weighted by atomic mass is 10.0. The van der Waals surface area contributed by atoms with Gasteiger partial charge >= 0.3 is 0 Å². The highest BCUT2D eigenvalue weighted by Crippen LogP contribution is 2.20. The normalized spacial score (nSPS) is 11.1. The van der Waals surface area contributed by atoms with E-state index in [1.165, 1.54) is 0 Å². The van der Waals surface area contributed by atoms with Crippen molar-refractivity contribution in [1.82, 2.24) is 25.4 Å². The number of amides is 1. The van der Waals surface area contributed by atoms with Crippen molar-refractivity contribution in [3.05, 3.63) is 27.2 Å². The van der Waals surface area contributed by atoms with Crippen molar-refractivity contribution in [1.29, 1.82) is 0 Å². The number of pyridine rings is 1. The number of hydrogen-bond donors (Lipinski definition) is 3. The summed E-state index contributed by atoms with van der Waals surface area (Å²) in [6.45, 7) is 8.16. The number of likely N-dealkylation sites (N-methyl/N-ethyl adjacent to an activating group) is 1. The minimum Gasteiger partial charge on any atom is -0.355 e. The number of rotatable bonds is 7. The van der Waals surface area contributed by atoms with Crippen molar-refractivity contribution in [2.75, 3.05) is 19.6 Å². The predicted molar refractivity (Wildman–Crippen MR) is 90.7 cm³/mol. The predicted octanol–water partition coefficient (Wildman–Crippen LogP) is 0.537. The monoisotopic (exact) mass is 319 g/mol. The van der Waals surface area contributed by atoms with E-state index >= 15 is 0 Å². The number of carbonyl (C=O) groups excluding carboxylic acids is 1. The van der Waals surface area contributed by atoms with Crippen LogP contribution in [-0.4, -0.2) is 40.3 Å². The first-order valence-corrected chi connectivity index (χ1v) is 7.97. The van der Waals surface area contributed by atoms with Gasteiger partial charge in [0.25, 0.3) is 5.56 Å². The molecule has 7 heteroatoms. The first-order chi connectivity index (χ1) is 11.0. The van der Waals surface area contributed by atoms with Gasteiger partial charge in [0, 0.05) is 32.3 Å². The number of nitrogens with one attached hydrogen (secondary N) is 3. The van der Waals surface area contributed by atoms with Crippen LogP contribution < -0.4 is 16.2 Å². The molecule has 0 radical (unpaired) electrons. The SMILES string of the molecule is CCNCCNC(=O)CCc1c(C)nc2c(c1C)c(=O)[nH]n2C. The summed E-state index contributed by atoms with van der Waals surface area (Å²) in [5.74, 6) is 0.0174. The largest absolute Gasteiger partial charge is 0.355 e. The lowest BCUT2D eigenvalue weighted by Crippen LogP contribution is -2.31. The van der Waals surface area contributed by atoms with E-state index in [1.807, 2.05) is 20.8 Å². The molecule has 126 valence electrons. The number of nitrogens with zero attached hydrogens (tertiary/aromatic N) is 2. The lowest BCUT2D eigenvalue weighted by Gasteiger charge is -2.11. The molecule has 0 fully saturated rings.